The van der Waals surface area contributed by atoms with Crippen molar-refractivity contribution in [2.45, 2.75) is 32.7 Å². The third kappa shape index (κ3) is 3.35. The number of aryl methyl sites for hydroxylation is 1. The predicted octanol–water partition coefficient (Wildman–Crippen LogP) is 1.72. The molecule has 1 aromatic rings. The number of rotatable bonds is 4. The van der Waals surface area contributed by atoms with Gasteiger partial charge in [-0.3, -0.25) is 4.79 Å². The van der Waals surface area contributed by atoms with Gasteiger partial charge in [-0.1, -0.05) is 19.1 Å². The molecule has 0 aliphatic heterocycles. The van der Waals surface area contributed by atoms with Gasteiger partial charge >= 0.3 is 0 Å². The Morgan fingerprint density at radius 2 is 1.88 bits per heavy atom. The Morgan fingerprint density at radius 3 is 2.31 bits per heavy atom. The van der Waals surface area contributed by atoms with E-state index in [-0.39, 0.29) is 11.4 Å². The third-order valence-corrected chi connectivity index (χ3v) is 2.59. The van der Waals surface area contributed by atoms with Crippen LogP contribution in [0.3, 0.4) is 0 Å². The summed E-state index contributed by atoms with van der Waals surface area (Å²) in [5.74, 6) is -0.0712. The highest BCUT2D eigenvalue weighted by atomic mass is 16.1. The van der Waals surface area contributed by atoms with E-state index in [1.54, 1.807) is 0 Å². The van der Waals surface area contributed by atoms with Gasteiger partial charge in [0.05, 0.1) is 0 Å². The van der Waals surface area contributed by atoms with Crippen LogP contribution in [-0.2, 0) is 6.42 Å². The van der Waals surface area contributed by atoms with Crippen molar-refractivity contribution in [3.8, 4) is 0 Å². The molecule has 0 radical (unpaired) electrons. The average Bonchev–Trinajstić information content (AvgIpc) is 2.28. The largest absolute Gasteiger partial charge is 0.346 e. The highest BCUT2D eigenvalue weighted by Gasteiger charge is 2.18. The highest BCUT2D eigenvalue weighted by molar-refractivity contribution is 5.94. The molecule has 0 atom stereocenters. The normalized spacial score (nSPS) is 11.2. The molecule has 0 aliphatic rings. The summed E-state index contributed by atoms with van der Waals surface area (Å²) in [6.07, 6.45) is 0.982. The zero-order valence-corrected chi connectivity index (χ0v) is 10.2. The Kier molecular flexibility index (Phi) is 4.07. The predicted molar refractivity (Wildman–Crippen MR) is 66.4 cm³/mol. The van der Waals surface area contributed by atoms with E-state index in [0.29, 0.717) is 12.1 Å². The molecular weight excluding hydrogens is 200 g/mol. The molecule has 0 heterocycles. The first-order valence-corrected chi connectivity index (χ1v) is 5.60. The van der Waals surface area contributed by atoms with Crippen molar-refractivity contribution in [3.05, 3.63) is 35.4 Å². The number of carbonyl (C=O) groups excluding carboxylic acids is 1. The van der Waals surface area contributed by atoms with Gasteiger partial charge in [-0.05, 0) is 38.0 Å². The number of nitrogens with two attached hydrogens (primary N) is 1. The number of benzene rings is 1. The minimum atomic E-state index is -0.361. The van der Waals surface area contributed by atoms with E-state index in [4.69, 9.17) is 5.73 Å². The van der Waals surface area contributed by atoms with Crippen LogP contribution in [0.1, 0.15) is 36.7 Å². The number of amides is 1. The molecule has 0 saturated heterocycles. The lowest BCUT2D eigenvalue weighted by Gasteiger charge is -2.24. The molecule has 0 saturated carbocycles. The molecule has 0 aliphatic carbocycles. The number of hydrogen-bond donors (Lipinski definition) is 2. The average molecular weight is 220 g/mol. The van der Waals surface area contributed by atoms with E-state index < -0.39 is 0 Å². The minimum Gasteiger partial charge on any atom is -0.346 e. The number of carbonyl (C=O) groups is 1. The van der Waals surface area contributed by atoms with Crippen molar-refractivity contribution in [1.82, 2.24) is 5.32 Å². The molecule has 1 amide bonds. The van der Waals surface area contributed by atoms with Gasteiger partial charge < -0.3 is 11.1 Å². The fourth-order valence-corrected chi connectivity index (χ4v) is 1.32. The zero-order valence-electron chi connectivity index (χ0n) is 10.2. The molecule has 3 heteroatoms. The van der Waals surface area contributed by atoms with Crippen molar-refractivity contribution in [2.24, 2.45) is 5.73 Å². The molecule has 0 spiro atoms. The lowest BCUT2D eigenvalue weighted by molar-refractivity contribution is 0.0915. The fourth-order valence-electron chi connectivity index (χ4n) is 1.32. The van der Waals surface area contributed by atoms with Crippen molar-refractivity contribution in [2.75, 3.05) is 6.54 Å². The number of hydrogen-bond acceptors (Lipinski definition) is 2. The summed E-state index contributed by atoms with van der Waals surface area (Å²) < 4.78 is 0. The van der Waals surface area contributed by atoms with Gasteiger partial charge in [0, 0.05) is 17.6 Å². The van der Waals surface area contributed by atoms with Gasteiger partial charge in [-0.15, -0.1) is 0 Å². The summed E-state index contributed by atoms with van der Waals surface area (Å²) in [7, 11) is 0. The second kappa shape index (κ2) is 5.12. The Morgan fingerprint density at radius 1 is 1.31 bits per heavy atom. The Bertz CT molecular complexity index is 355. The van der Waals surface area contributed by atoms with Gasteiger partial charge in [0.1, 0.15) is 0 Å². The standard InChI is InChI=1S/C13H20N2O/c1-4-10-5-7-11(8-6-10)12(16)15-13(2,3)9-14/h5-8H,4,9,14H2,1-3H3,(H,15,16). The van der Waals surface area contributed by atoms with Crippen LogP contribution in [0.2, 0.25) is 0 Å². The lowest BCUT2D eigenvalue weighted by atomic mass is 10.0. The smallest absolute Gasteiger partial charge is 0.251 e. The zero-order chi connectivity index (χ0) is 12.2. The quantitative estimate of drug-likeness (QED) is 0.811. The van der Waals surface area contributed by atoms with Crippen LogP contribution >= 0.6 is 0 Å². The molecule has 0 unspecified atom stereocenters. The molecule has 0 aromatic heterocycles. The van der Waals surface area contributed by atoms with Crippen molar-refractivity contribution < 1.29 is 4.79 Å². The fraction of sp³-hybridized carbons (Fsp3) is 0.462. The Labute approximate surface area is 97.0 Å². The summed E-state index contributed by atoms with van der Waals surface area (Å²) in [4.78, 5) is 11.9. The van der Waals surface area contributed by atoms with Crippen LogP contribution in [0.5, 0.6) is 0 Å². The first-order chi connectivity index (χ1) is 7.48. The van der Waals surface area contributed by atoms with Crippen molar-refractivity contribution in [3.63, 3.8) is 0 Å². The first kappa shape index (κ1) is 12.7. The van der Waals surface area contributed by atoms with Crippen LogP contribution in [0.4, 0.5) is 0 Å². The van der Waals surface area contributed by atoms with E-state index in [9.17, 15) is 4.79 Å². The SMILES string of the molecule is CCc1ccc(C(=O)NC(C)(C)CN)cc1. The molecule has 3 N–H and O–H groups in total. The van der Waals surface area contributed by atoms with Gasteiger partial charge in [0.15, 0.2) is 0 Å². The summed E-state index contributed by atoms with van der Waals surface area (Å²) >= 11 is 0. The van der Waals surface area contributed by atoms with Crippen LogP contribution in [-0.4, -0.2) is 18.0 Å². The van der Waals surface area contributed by atoms with E-state index in [2.05, 4.69) is 12.2 Å². The van der Waals surface area contributed by atoms with E-state index >= 15 is 0 Å². The van der Waals surface area contributed by atoms with Gasteiger partial charge in [-0.2, -0.15) is 0 Å². The molecule has 1 aromatic carbocycles. The Balaban J connectivity index is 2.73. The summed E-state index contributed by atoms with van der Waals surface area (Å²) in [6.45, 7) is 6.33. The maximum absolute atomic E-state index is 11.9. The third-order valence-electron chi connectivity index (χ3n) is 2.59. The van der Waals surface area contributed by atoms with E-state index in [1.807, 2.05) is 38.1 Å². The van der Waals surface area contributed by atoms with Gasteiger partial charge in [-0.25, -0.2) is 0 Å². The molecule has 0 bridgehead atoms. The lowest BCUT2D eigenvalue weighted by Crippen LogP contribution is -2.48. The first-order valence-electron chi connectivity index (χ1n) is 5.60. The monoisotopic (exact) mass is 220 g/mol. The van der Waals surface area contributed by atoms with Gasteiger partial charge in [0.25, 0.3) is 5.91 Å². The number of nitrogens with one attached hydrogen (secondary N) is 1. The summed E-state index contributed by atoms with van der Waals surface area (Å²) in [5.41, 5.74) is 7.11. The molecule has 3 nitrogen and oxygen atoms in total. The second-order valence-corrected chi connectivity index (χ2v) is 4.59. The topological polar surface area (TPSA) is 55.1 Å². The summed E-state index contributed by atoms with van der Waals surface area (Å²) in [6, 6.07) is 7.65. The van der Waals surface area contributed by atoms with Crippen LogP contribution in [0, 0.1) is 0 Å². The molecule has 16 heavy (non-hydrogen) atoms. The van der Waals surface area contributed by atoms with E-state index in [1.165, 1.54) is 5.56 Å². The molecule has 1 rings (SSSR count). The van der Waals surface area contributed by atoms with Crippen LogP contribution in [0.15, 0.2) is 24.3 Å². The molecule has 0 fully saturated rings. The maximum atomic E-state index is 11.9. The molecular formula is C13H20N2O. The minimum absolute atomic E-state index is 0.0712. The van der Waals surface area contributed by atoms with Crippen LogP contribution in [0.25, 0.3) is 0 Å². The second-order valence-electron chi connectivity index (χ2n) is 4.59. The van der Waals surface area contributed by atoms with Crippen molar-refractivity contribution >= 4 is 5.91 Å². The van der Waals surface area contributed by atoms with Crippen LogP contribution < -0.4 is 11.1 Å². The summed E-state index contributed by atoms with van der Waals surface area (Å²) in [5, 5.41) is 2.90. The van der Waals surface area contributed by atoms with E-state index in [0.717, 1.165) is 6.42 Å². The Hall–Kier alpha value is -1.35. The van der Waals surface area contributed by atoms with Crippen molar-refractivity contribution in [1.29, 1.82) is 0 Å². The molecule has 88 valence electrons. The van der Waals surface area contributed by atoms with Gasteiger partial charge in [0.2, 0.25) is 0 Å². The maximum Gasteiger partial charge on any atom is 0.251 e. The highest BCUT2D eigenvalue weighted by Crippen LogP contribution is 2.07.